The maximum Gasteiger partial charge on any atom is 0.266 e. The number of hydrogen-bond donors (Lipinski definition) is 0. The van der Waals surface area contributed by atoms with Crippen LogP contribution in [0.4, 0.5) is 0 Å². The van der Waals surface area contributed by atoms with Crippen molar-refractivity contribution in [3.63, 3.8) is 0 Å². The maximum atomic E-state index is 13.2. The molecule has 0 bridgehead atoms. The molecule has 152 valence electrons. The van der Waals surface area contributed by atoms with E-state index < -0.39 is 16.1 Å². The summed E-state index contributed by atoms with van der Waals surface area (Å²) in [7, 11) is -3.66. The molecule has 0 unspecified atom stereocenters. The molecule has 0 spiro atoms. The van der Waals surface area contributed by atoms with Gasteiger partial charge in [-0.25, -0.2) is 8.42 Å². The number of pyridine rings is 1. The summed E-state index contributed by atoms with van der Waals surface area (Å²) in [5.74, 6) is 0.600. The minimum Gasteiger partial charge on any atom is -0.417 e. The number of rotatable bonds is 4. The van der Waals surface area contributed by atoms with Gasteiger partial charge in [-0.15, -0.1) is 10.2 Å². The second-order valence-corrected chi connectivity index (χ2v) is 9.16. The van der Waals surface area contributed by atoms with E-state index in [1.165, 1.54) is 4.31 Å². The molecule has 0 N–H and O–H groups in total. The van der Waals surface area contributed by atoms with Crippen LogP contribution in [-0.2, 0) is 10.0 Å². The second-order valence-electron chi connectivity index (χ2n) is 7.27. The third-order valence-corrected chi connectivity index (χ3v) is 7.33. The van der Waals surface area contributed by atoms with E-state index in [1.54, 1.807) is 36.5 Å². The molecule has 8 heteroatoms. The third kappa shape index (κ3) is 3.28. The van der Waals surface area contributed by atoms with Crippen LogP contribution in [0, 0.1) is 0 Å². The van der Waals surface area contributed by atoms with E-state index in [0.29, 0.717) is 30.4 Å². The average Bonchev–Trinajstić information content (AvgIpc) is 3.29. The van der Waals surface area contributed by atoms with Gasteiger partial charge >= 0.3 is 0 Å². The Balaban J connectivity index is 1.53. The normalized spacial score (nSPS) is 17.9. The highest BCUT2D eigenvalue weighted by Gasteiger charge is 2.37. The number of hydrogen-bond acceptors (Lipinski definition) is 6. The molecular weight excluding hydrogens is 400 g/mol. The number of benzene rings is 2. The van der Waals surface area contributed by atoms with Gasteiger partial charge in [0, 0.05) is 18.1 Å². The van der Waals surface area contributed by atoms with Gasteiger partial charge in [0.2, 0.25) is 15.9 Å². The molecule has 1 saturated heterocycles. The SMILES string of the molecule is O=S(=O)(c1ccccc1)N1CCCC[C@@H]1c1nnc(-c2nccc3ccccc23)o1. The minimum absolute atomic E-state index is 0.271. The number of sulfonamides is 1. The van der Waals surface area contributed by atoms with Gasteiger partial charge in [0.25, 0.3) is 5.89 Å². The van der Waals surface area contributed by atoms with Crippen molar-refractivity contribution in [2.24, 2.45) is 0 Å². The van der Waals surface area contributed by atoms with Gasteiger partial charge < -0.3 is 4.42 Å². The zero-order valence-corrected chi connectivity index (χ0v) is 17.0. The van der Waals surface area contributed by atoms with Crippen molar-refractivity contribution in [1.29, 1.82) is 0 Å². The Labute approximate surface area is 174 Å². The third-order valence-electron chi connectivity index (χ3n) is 5.41. The van der Waals surface area contributed by atoms with E-state index in [2.05, 4.69) is 15.2 Å². The first-order valence-corrected chi connectivity index (χ1v) is 11.3. The Morgan fingerprint density at radius 3 is 2.60 bits per heavy atom. The van der Waals surface area contributed by atoms with Gasteiger partial charge in [0.05, 0.1) is 4.90 Å². The molecule has 1 atom stereocenters. The molecule has 5 rings (SSSR count). The lowest BCUT2D eigenvalue weighted by Gasteiger charge is -2.32. The van der Waals surface area contributed by atoms with Crippen LogP contribution in [0.1, 0.15) is 31.2 Å². The fraction of sp³-hybridized carbons (Fsp3) is 0.227. The molecule has 0 radical (unpaired) electrons. The Morgan fingerprint density at radius 1 is 0.933 bits per heavy atom. The molecule has 1 fully saturated rings. The molecule has 7 nitrogen and oxygen atoms in total. The molecule has 3 heterocycles. The van der Waals surface area contributed by atoms with Crippen molar-refractivity contribution in [2.75, 3.05) is 6.54 Å². The zero-order valence-electron chi connectivity index (χ0n) is 16.2. The predicted octanol–water partition coefficient (Wildman–Crippen LogP) is 4.20. The van der Waals surface area contributed by atoms with Crippen molar-refractivity contribution in [3.05, 3.63) is 72.8 Å². The van der Waals surface area contributed by atoms with E-state index in [1.807, 2.05) is 30.3 Å². The van der Waals surface area contributed by atoms with Crippen LogP contribution in [0.15, 0.2) is 76.2 Å². The molecule has 0 aliphatic carbocycles. The first-order chi connectivity index (χ1) is 14.6. The van der Waals surface area contributed by atoms with E-state index in [4.69, 9.17) is 4.42 Å². The second kappa shape index (κ2) is 7.62. The summed E-state index contributed by atoms with van der Waals surface area (Å²) in [6.45, 7) is 0.423. The van der Waals surface area contributed by atoms with E-state index >= 15 is 0 Å². The van der Waals surface area contributed by atoms with Crippen molar-refractivity contribution < 1.29 is 12.8 Å². The fourth-order valence-electron chi connectivity index (χ4n) is 3.92. The first-order valence-electron chi connectivity index (χ1n) is 9.89. The summed E-state index contributed by atoms with van der Waals surface area (Å²) in [6.07, 6.45) is 4.04. The van der Waals surface area contributed by atoms with E-state index in [9.17, 15) is 8.42 Å². The van der Waals surface area contributed by atoms with Crippen LogP contribution in [0.3, 0.4) is 0 Å². The van der Waals surface area contributed by atoms with Crippen LogP contribution in [0.25, 0.3) is 22.4 Å². The van der Waals surface area contributed by atoms with Crippen molar-refractivity contribution in [1.82, 2.24) is 19.5 Å². The summed E-state index contributed by atoms with van der Waals surface area (Å²) in [4.78, 5) is 4.69. The fourth-order valence-corrected chi connectivity index (χ4v) is 5.59. The van der Waals surface area contributed by atoms with Crippen molar-refractivity contribution in [2.45, 2.75) is 30.2 Å². The molecule has 2 aromatic carbocycles. The highest BCUT2D eigenvalue weighted by molar-refractivity contribution is 7.89. The average molecular weight is 420 g/mol. The molecule has 30 heavy (non-hydrogen) atoms. The van der Waals surface area contributed by atoms with E-state index in [-0.39, 0.29) is 4.90 Å². The Hall–Kier alpha value is -3.10. The number of piperidine rings is 1. The standard InChI is InChI=1S/C22H20N4O3S/c27-30(28,17-9-2-1-3-10-17)26-15-7-6-12-19(26)21-24-25-22(29-21)20-18-11-5-4-8-16(18)13-14-23-20/h1-5,8-11,13-14,19H,6-7,12,15H2/t19-/m1/s1. The smallest absolute Gasteiger partial charge is 0.266 e. The summed E-state index contributed by atoms with van der Waals surface area (Å²) in [6, 6.07) is 17.7. The zero-order chi connectivity index (χ0) is 20.6. The van der Waals surface area contributed by atoms with Crippen LogP contribution in [-0.4, -0.2) is 34.4 Å². The number of nitrogens with zero attached hydrogens (tertiary/aromatic N) is 4. The molecule has 4 aromatic rings. The summed E-state index contributed by atoms with van der Waals surface area (Å²) in [5, 5.41) is 10.3. The number of aromatic nitrogens is 3. The monoisotopic (exact) mass is 420 g/mol. The first kappa shape index (κ1) is 18.9. The van der Waals surface area contributed by atoms with Gasteiger partial charge in [-0.3, -0.25) is 4.98 Å². The number of fused-ring (bicyclic) bond motifs is 1. The van der Waals surface area contributed by atoms with Crippen molar-refractivity contribution >= 4 is 20.8 Å². The summed E-state index contributed by atoms with van der Waals surface area (Å²) >= 11 is 0. The lowest BCUT2D eigenvalue weighted by atomic mass is 10.1. The summed E-state index contributed by atoms with van der Waals surface area (Å²) in [5.41, 5.74) is 0.597. The minimum atomic E-state index is -3.66. The quantitative estimate of drug-likeness (QED) is 0.492. The lowest BCUT2D eigenvalue weighted by molar-refractivity contribution is 0.220. The van der Waals surface area contributed by atoms with Crippen LogP contribution in [0.5, 0.6) is 0 Å². The van der Waals surface area contributed by atoms with Crippen molar-refractivity contribution in [3.8, 4) is 11.6 Å². The van der Waals surface area contributed by atoms with Gasteiger partial charge in [-0.1, -0.05) is 48.9 Å². The molecule has 0 amide bonds. The molecule has 1 aliphatic rings. The largest absolute Gasteiger partial charge is 0.417 e. The van der Waals surface area contributed by atoms with Gasteiger partial charge in [0.15, 0.2) is 0 Å². The molecule has 1 aliphatic heterocycles. The molecule has 2 aromatic heterocycles. The lowest BCUT2D eigenvalue weighted by Crippen LogP contribution is -2.38. The van der Waals surface area contributed by atoms with Gasteiger partial charge in [-0.2, -0.15) is 4.31 Å². The topological polar surface area (TPSA) is 89.2 Å². The molecular formula is C22H20N4O3S. The van der Waals surface area contributed by atoms with Crippen LogP contribution >= 0.6 is 0 Å². The Bertz CT molecular complexity index is 1280. The highest BCUT2D eigenvalue weighted by Crippen LogP contribution is 2.36. The molecule has 0 saturated carbocycles. The predicted molar refractivity (Wildman–Crippen MR) is 112 cm³/mol. The van der Waals surface area contributed by atoms with Crippen LogP contribution in [0.2, 0.25) is 0 Å². The van der Waals surface area contributed by atoms with Gasteiger partial charge in [0.1, 0.15) is 11.7 Å². The Kier molecular flexibility index (Phi) is 4.80. The summed E-state index contributed by atoms with van der Waals surface area (Å²) < 4.78 is 34.0. The van der Waals surface area contributed by atoms with Crippen LogP contribution < -0.4 is 0 Å². The highest BCUT2D eigenvalue weighted by atomic mass is 32.2. The van der Waals surface area contributed by atoms with E-state index in [0.717, 1.165) is 23.6 Å². The van der Waals surface area contributed by atoms with Gasteiger partial charge in [-0.05, 0) is 36.4 Å². The maximum absolute atomic E-state index is 13.2. The Morgan fingerprint density at radius 2 is 1.73 bits per heavy atom.